The third-order valence-electron chi connectivity index (χ3n) is 2.64. The molecule has 1 atom stereocenters. The second-order valence-electron chi connectivity index (χ2n) is 4.16. The summed E-state index contributed by atoms with van der Waals surface area (Å²) in [4.78, 5) is 24.9. The molecule has 9 heteroatoms. The lowest BCUT2D eigenvalue weighted by Crippen LogP contribution is -2.09. The number of nitro groups is 1. The highest BCUT2D eigenvalue weighted by molar-refractivity contribution is 7.09. The van der Waals surface area contributed by atoms with Crippen LogP contribution in [0.4, 0.5) is 15.8 Å². The molecule has 21 heavy (non-hydrogen) atoms. The first-order chi connectivity index (χ1) is 9.88. The Bertz CT molecular complexity index is 704. The van der Waals surface area contributed by atoms with E-state index in [2.05, 4.69) is 10.3 Å². The zero-order valence-corrected chi connectivity index (χ0v) is 11.6. The predicted molar refractivity (Wildman–Crippen MR) is 74.2 cm³/mol. The van der Waals surface area contributed by atoms with Gasteiger partial charge in [0.15, 0.2) is 5.69 Å². The average Bonchev–Trinajstić information content (AvgIpc) is 2.88. The van der Waals surface area contributed by atoms with Gasteiger partial charge in [-0.1, -0.05) is 0 Å². The van der Waals surface area contributed by atoms with E-state index in [4.69, 9.17) is 5.11 Å². The Labute approximate surface area is 122 Å². The monoisotopic (exact) mass is 311 g/mol. The fourth-order valence-corrected chi connectivity index (χ4v) is 2.46. The molecule has 0 saturated carbocycles. The summed E-state index contributed by atoms with van der Waals surface area (Å²) >= 11 is 1.11. The van der Waals surface area contributed by atoms with Crippen LogP contribution in [0.3, 0.4) is 0 Å². The maximum absolute atomic E-state index is 13.2. The van der Waals surface area contributed by atoms with Gasteiger partial charge in [0.05, 0.1) is 11.0 Å². The van der Waals surface area contributed by atoms with Crippen LogP contribution < -0.4 is 5.32 Å². The van der Waals surface area contributed by atoms with Gasteiger partial charge < -0.3 is 10.4 Å². The van der Waals surface area contributed by atoms with Crippen LogP contribution in [0.2, 0.25) is 0 Å². The number of nitrogens with one attached hydrogen (secondary N) is 1. The van der Waals surface area contributed by atoms with Gasteiger partial charge in [-0.15, -0.1) is 11.3 Å². The first-order valence-electron chi connectivity index (χ1n) is 5.77. The molecular formula is C12H10FN3O4S. The fourth-order valence-electron chi connectivity index (χ4n) is 1.66. The minimum Gasteiger partial charge on any atom is -0.476 e. The average molecular weight is 311 g/mol. The Kier molecular flexibility index (Phi) is 4.13. The standard InChI is InChI=1S/C12H10FN3O4S/c1-6(11-15-9(5-21-11)12(17)18)14-8-4-7(13)2-3-10(8)16(19)20/h2-6,14H,1H3,(H,17,18). The number of aromatic nitrogens is 1. The van der Waals surface area contributed by atoms with Crippen LogP contribution in [0.25, 0.3) is 0 Å². The lowest BCUT2D eigenvalue weighted by atomic mass is 10.2. The van der Waals surface area contributed by atoms with Crippen molar-refractivity contribution in [2.75, 3.05) is 5.32 Å². The SMILES string of the molecule is CC(Nc1cc(F)ccc1[N+](=O)[O-])c1nc(C(=O)O)cs1. The molecule has 0 amide bonds. The number of hydrogen-bond acceptors (Lipinski definition) is 6. The molecule has 1 unspecified atom stereocenters. The molecule has 0 aliphatic heterocycles. The normalized spacial score (nSPS) is 11.9. The summed E-state index contributed by atoms with van der Waals surface area (Å²) in [7, 11) is 0. The quantitative estimate of drug-likeness (QED) is 0.649. The summed E-state index contributed by atoms with van der Waals surface area (Å²) in [5, 5.41) is 24.3. The van der Waals surface area contributed by atoms with E-state index in [1.807, 2.05) is 0 Å². The largest absolute Gasteiger partial charge is 0.476 e. The number of halogens is 1. The molecule has 0 aliphatic carbocycles. The molecule has 7 nitrogen and oxygen atoms in total. The maximum atomic E-state index is 13.2. The number of benzene rings is 1. The minimum absolute atomic E-state index is 0.0135. The fraction of sp³-hybridized carbons (Fsp3) is 0.167. The summed E-state index contributed by atoms with van der Waals surface area (Å²) in [6.45, 7) is 1.65. The van der Waals surface area contributed by atoms with E-state index < -0.39 is 22.8 Å². The number of nitrogens with zero attached hydrogens (tertiary/aromatic N) is 2. The molecule has 2 aromatic rings. The lowest BCUT2D eigenvalue weighted by molar-refractivity contribution is -0.384. The molecule has 2 N–H and O–H groups in total. The van der Waals surface area contributed by atoms with Gasteiger partial charge in [0, 0.05) is 17.5 Å². The van der Waals surface area contributed by atoms with E-state index in [0.29, 0.717) is 5.01 Å². The van der Waals surface area contributed by atoms with Gasteiger partial charge >= 0.3 is 5.97 Å². The first-order valence-corrected chi connectivity index (χ1v) is 6.65. The lowest BCUT2D eigenvalue weighted by Gasteiger charge is -2.12. The first kappa shape index (κ1) is 14.9. The van der Waals surface area contributed by atoms with E-state index >= 15 is 0 Å². The highest BCUT2D eigenvalue weighted by Crippen LogP contribution is 2.29. The predicted octanol–water partition coefficient (Wildman–Crippen LogP) is 3.06. The summed E-state index contributed by atoms with van der Waals surface area (Å²) in [5.41, 5.74) is -0.352. The molecule has 1 aromatic carbocycles. The van der Waals surface area contributed by atoms with Crippen LogP contribution in [-0.4, -0.2) is 21.0 Å². The van der Waals surface area contributed by atoms with Crippen LogP contribution >= 0.6 is 11.3 Å². The Morgan fingerprint density at radius 2 is 2.29 bits per heavy atom. The zero-order chi connectivity index (χ0) is 15.6. The minimum atomic E-state index is -1.15. The summed E-state index contributed by atoms with van der Waals surface area (Å²) < 4.78 is 13.2. The van der Waals surface area contributed by atoms with Crippen molar-refractivity contribution < 1.29 is 19.2 Å². The van der Waals surface area contributed by atoms with Gasteiger partial charge in [0.1, 0.15) is 16.5 Å². The second-order valence-corrected chi connectivity index (χ2v) is 5.05. The maximum Gasteiger partial charge on any atom is 0.355 e. The topological polar surface area (TPSA) is 105 Å². The van der Waals surface area contributed by atoms with Gasteiger partial charge in [-0.25, -0.2) is 14.2 Å². The van der Waals surface area contributed by atoms with E-state index in [1.165, 1.54) is 5.38 Å². The number of nitro benzene ring substituents is 1. The number of rotatable bonds is 5. The third kappa shape index (κ3) is 3.31. The molecule has 0 aliphatic rings. The van der Waals surface area contributed by atoms with Crippen LogP contribution in [-0.2, 0) is 0 Å². The van der Waals surface area contributed by atoms with Gasteiger partial charge in [0.25, 0.3) is 5.69 Å². The summed E-state index contributed by atoms with van der Waals surface area (Å²) in [6.07, 6.45) is 0. The van der Waals surface area contributed by atoms with Crippen molar-refractivity contribution in [1.82, 2.24) is 4.98 Å². The van der Waals surface area contributed by atoms with E-state index in [1.54, 1.807) is 6.92 Å². The molecule has 1 aromatic heterocycles. The second kappa shape index (κ2) is 5.83. The van der Waals surface area contributed by atoms with Crippen molar-refractivity contribution in [3.8, 4) is 0 Å². The van der Waals surface area contributed by atoms with Crippen LogP contribution in [0.5, 0.6) is 0 Å². The molecule has 110 valence electrons. The number of hydrogen-bond donors (Lipinski definition) is 2. The Morgan fingerprint density at radius 1 is 1.57 bits per heavy atom. The van der Waals surface area contributed by atoms with Gasteiger partial charge in [-0.2, -0.15) is 0 Å². The van der Waals surface area contributed by atoms with E-state index in [0.717, 1.165) is 29.5 Å². The van der Waals surface area contributed by atoms with E-state index in [9.17, 15) is 19.3 Å². The van der Waals surface area contributed by atoms with E-state index in [-0.39, 0.29) is 17.1 Å². The molecule has 0 bridgehead atoms. The van der Waals surface area contributed by atoms with Crippen molar-refractivity contribution in [2.45, 2.75) is 13.0 Å². The molecule has 0 radical (unpaired) electrons. The molecule has 0 saturated heterocycles. The van der Waals surface area contributed by atoms with Crippen LogP contribution in [0, 0.1) is 15.9 Å². The highest BCUT2D eigenvalue weighted by atomic mass is 32.1. The number of anilines is 1. The Hall–Kier alpha value is -2.55. The summed E-state index contributed by atoms with van der Waals surface area (Å²) in [5.74, 6) is -1.76. The van der Waals surface area contributed by atoms with Crippen molar-refractivity contribution in [3.63, 3.8) is 0 Å². The molecule has 1 heterocycles. The van der Waals surface area contributed by atoms with Gasteiger partial charge in [-0.3, -0.25) is 10.1 Å². The van der Waals surface area contributed by atoms with Gasteiger partial charge in [0.2, 0.25) is 0 Å². The van der Waals surface area contributed by atoms with Crippen molar-refractivity contribution in [2.24, 2.45) is 0 Å². The number of carboxylic acid groups (broad SMARTS) is 1. The number of carboxylic acids is 1. The molecular weight excluding hydrogens is 301 g/mol. The van der Waals surface area contributed by atoms with Gasteiger partial charge in [-0.05, 0) is 13.0 Å². The van der Waals surface area contributed by atoms with Crippen LogP contribution in [0.1, 0.15) is 28.5 Å². The Morgan fingerprint density at radius 3 is 2.86 bits per heavy atom. The number of aromatic carboxylic acids is 1. The number of carbonyl (C=O) groups is 1. The smallest absolute Gasteiger partial charge is 0.355 e. The molecule has 2 rings (SSSR count). The molecule has 0 spiro atoms. The zero-order valence-electron chi connectivity index (χ0n) is 10.7. The Balaban J connectivity index is 2.26. The highest BCUT2D eigenvalue weighted by Gasteiger charge is 2.19. The molecule has 0 fully saturated rings. The number of thiazole rings is 1. The third-order valence-corrected chi connectivity index (χ3v) is 3.67. The summed E-state index contributed by atoms with van der Waals surface area (Å²) in [6, 6.07) is 2.58. The van der Waals surface area contributed by atoms with Crippen molar-refractivity contribution in [3.05, 3.63) is 50.2 Å². The van der Waals surface area contributed by atoms with Crippen molar-refractivity contribution >= 4 is 28.7 Å². The van der Waals surface area contributed by atoms with Crippen LogP contribution in [0.15, 0.2) is 23.6 Å². The van der Waals surface area contributed by atoms with Crippen molar-refractivity contribution in [1.29, 1.82) is 0 Å².